The van der Waals surface area contributed by atoms with Gasteiger partial charge >= 0.3 is 0 Å². The number of H-pyrrole nitrogens is 4. The second-order valence-corrected chi connectivity index (χ2v) is 39.1. The fraction of sp³-hybridized carbons (Fsp3) is 0.286. The number of nitrogens with one attached hydrogen (secondary N) is 12. The molecule has 752 valence electrons. The number of fused-ring (bicyclic) bond motifs is 4. The summed E-state index contributed by atoms with van der Waals surface area (Å²) in [6.07, 6.45) is 27.4. The highest BCUT2D eigenvalue weighted by Gasteiger charge is 2.40. The minimum Gasteiger partial charge on any atom is -0.370 e. The molecule has 12 N–H and O–H groups in total. The number of likely N-dealkylation sites (tertiary alicyclic amines) is 2. The predicted molar refractivity (Wildman–Crippen MR) is 562 cm³/mol. The van der Waals surface area contributed by atoms with Gasteiger partial charge in [-0.25, -0.2) is 17.6 Å². The second-order valence-electron chi connectivity index (χ2n) is 39.1. The zero-order valence-electron chi connectivity index (χ0n) is 80.9. The Bertz CT molecular complexity index is 7720. The SMILES string of the molecule is O=C(Nc1ccccc1NC(=O)C1CC1)c1n[nH]c2ccc(-c3cncc(CN4CCC(F)(F)C4)c3)cc12.O=C(Nc1ccccc1NC(=O)C1CC1)c1n[nH]c2ccc(-c3cncc(CN4CCC(F)(F)CC4)c3)cc12.O=C(Nc1ccccc1NC(=O)C1CC1)c1n[nH]c2ccc(-c3cncc(N4CCCC4)c3)cc12.O=C(Nc1ccccc1NC(=O)C1CC1)c1n[nH]c2ccc(-c3cncc(N4CCCCC4)c3)cc12. The van der Waals surface area contributed by atoms with E-state index in [1.807, 2.05) is 139 Å². The van der Waals surface area contributed by atoms with E-state index in [4.69, 9.17) is 0 Å². The molecule has 16 aromatic rings. The molecule has 36 heteroatoms. The van der Waals surface area contributed by atoms with Crippen molar-refractivity contribution in [3.05, 3.63) is 278 Å². The van der Waals surface area contributed by atoms with Crippen LogP contribution in [0.25, 0.3) is 88.1 Å². The Labute approximate surface area is 847 Å². The molecule has 8 aliphatic rings. The van der Waals surface area contributed by atoms with Gasteiger partial charge in [-0.2, -0.15) is 20.4 Å². The van der Waals surface area contributed by atoms with Gasteiger partial charge in [-0.3, -0.25) is 88.5 Å². The smallest absolute Gasteiger partial charge is 0.276 e. The van der Waals surface area contributed by atoms with Gasteiger partial charge in [0.2, 0.25) is 23.6 Å². The number of halogens is 4. The maximum atomic E-state index is 13.6. The van der Waals surface area contributed by atoms with Gasteiger partial charge in [0.05, 0.1) is 97.9 Å². The predicted octanol–water partition coefficient (Wildman–Crippen LogP) is 20.6. The number of para-hydroxylation sites is 8. The first kappa shape index (κ1) is 97.3. The van der Waals surface area contributed by atoms with Crippen molar-refractivity contribution in [1.82, 2.24) is 70.5 Å². The lowest BCUT2D eigenvalue weighted by Gasteiger charge is -2.31. The molecule has 8 aromatic carbocycles. The molecule has 4 saturated carbocycles. The molecule has 148 heavy (non-hydrogen) atoms. The van der Waals surface area contributed by atoms with Crippen molar-refractivity contribution in [3.8, 4) is 44.5 Å². The Morgan fingerprint density at radius 1 is 0.284 bits per heavy atom. The van der Waals surface area contributed by atoms with E-state index in [2.05, 4.69) is 125 Å². The minimum atomic E-state index is -2.64. The highest BCUT2D eigenvalue weighted by molar-refractivity contribution is 6.17. The van der Waals surface area contributed by atoms with Crippen molar-refractivity contribution in [3.63, 3.8) is 0 Å². The summed E-state index contributed by atoms with van der Waals surface area (Å²) in [5.74, 6) is -6.59. The monoisotopic (exact) mass is 1990 g/mol. The lowest BCUT2D eigenvalue weighted by atomic mass is 10.0. The van der Waals surface area contributed by atoms with Crippen molar-refractivity contribution in [2.75, 3.05) is 105 Å². The van der Waals surface area contributed by atoms with Gasteiger partial charge in [0.25, 0.3) is 35.5 Å². The van der Waals surface area contributed by atoms with E-state index in [0.29, 0.717) is 111 Å². The summed E-state index contributed by atoms with van der Waals surface area (Å²) in [6, 6.07) is 59.9. The average Bonchev–Trinajstić information content (AvgIpc) is 1.68. The van der Waals surface area contributed by atoms with Crippen LogP contribution >= 0.6 is 0 Å². The van der Waals surface area contributed by atoms with Crippen LogP contribution in [0.5, 0.6) is 0 Å². The van der Waals surface area contributed by atoms with E-state index in [9.17, 15) is 55.9 Å². The zero-order valence-corrected chi connectivity index (χ0v) is 80.9. The summed E-state index contributed by atoms with van der Waals surface area (Å²) in [7, 11) is 0. The molecular formula is C112H108F4N24O8. The maximum absolute atomic E-state index is 13.6. The van der Waals surface area contributed by atoms with E-state index in [0.717, 1.165) is 166 Å². The number of hydrogen-bond acceptors (Lipinski definition) is 20. The van der Waals surface area contributed by atoms with Gasteiger partial charge < -0.3 is 52.3 Å². The number of carbonyl (C=O) groups excluding carboxylic acids is 8. The van der Waals surface area contributed by atoms with Gasteiger partial charge in [-0.15, -0.1) is 0 Å². The van der Waals surface area contributed by atoms with E-state index < -0.39 is 23.7 Å². The number of pyridine rings is 4. The van der Waals surface area contributed by atoms with Crippen LogP contribution in [0.4, 0.5) is 74.4 Å². The molecule has 0 spiro atoms. The molecule has 8 fully saturated rings. The van der Waals surface area contributed by atoms with Crippen LogP contribution in [0, 0.1) is 23.7 Å². The number of amides is 8. The fourth-order valence-corrected chi connectivity index (χ4v) is 18.9. The Balaban J connectivity index is 0.000000116. The summed E-state index contributed by atoms with van der Waals surface area (Å²) in [4.78, 5) is 128. The van der Waals surface area contributed by atoms with Gasteiger partial charge in [0.15, 0.2) is 22.8 Å². The van der Waals surface area contributed by atoms with E-state index in [-0.39, 0.29) is 96.3 Å². The third-order valence-corrected chi connectivity index (χ3v) is 27.8. The third kappa shape index (κ3) is 23.4. The fourth-order valence-electron chi connectivity index (χ4n) is 18.9. The second kappa shape index (κ2) is 42.9. The standard InChI is InChI=1S/C29H28F2N6O2.C28H26F2N6O2.C28H28N6O2.C27H26N6O2/c30-29(31)9-11-37(12-10-29)17-18-13-21(16-32-15-18)20-7-8-23-22(14-20)26(36-35-23)28(39)34-25-4-2-1-3-24(25)33-27(38)19-5-6-19;29-28(30)9-10-36(16-28)15-17-11-20(14-31-13-17)19-7-8-22-21(12-19)25(35-34-22)27(38)33-24-4-2-1-3-23(24)32-26(37)18-5-6-18;35-27(18-8-9-18)30-24-6-2-3-7-25(24)31-28(36)26-22-15-19(10-11-23(22)32-33-26)20-14-21(17-29-16-20)34-12-4-1-5-13-34;34-26(17-7-8-17)29-23-5-1-2-6-24(23)30-27(35)25-21-14-18(9-10-22(21)31-32-25)19-13-20(16-28-15-19)33-11-3-4-12-33/h1-4,7-8,13-16,19H,5-6,9-12,17H2,(H,33,38)(H,34,39)(H,35,36);1-4,7-8,11-14,18H,5-6,9-10,15-16H2,(H,32,37)(H,33,38)(H,34,35);2-3,6-7,10-11,14-18H,1,4-5,8-9,12-13H2,(H,30,35)(H,31,36)(H,32,33);1-2,5-6,9-10,13-17H,3-4,7-8,11-12H2,(H,29,34)(H,30,35)(H,31,32). The maximum Gasteiger partial charge on any atom is 0.276 e. The van der Waals surface area contributed by atoms with Crippen molar-refractivity contribution in [2.45, 2.75) is 128 Å². The van der Waals surface area contributed by atoms with Crippen LogP contribution in [0.1, 0.15) is 156 Å². The van der Waals surface area contributed by atoms with Crippen molar-refractivity contribution in [2.24, 2.45) is 23.7 Å². The van der Waals surface area contributed by atoms with Gasteiger partial charge in [0.1, 0.15) is 0 Å². The van der Waals surface area contributed by atoms with Crippen molar-refractivity contribution < 1.29 is 55.9 Å². The van der Waals surface area contributed by atoms with Gasteiger partial charge in [-0.1, -0.05) is 72.8 Å². The first-order valence-electron chi connectivity index (χ1n) is 50.3. The lowest BCUT2D eigenvalue weighted by Crippen LogP contribution is -2.38. The summed E-state index contributed by atoms with van der Waals surface area (Å²) in [5, 5.41) is 54.8. The molecule has 12 heterocycles. The molecule has 24 rings (SSSR count). The Morgan fingerprint density at radius 2 is 0.547 bits per heavy atom. The number of piperidine rings is 2. The number of aromatic amines is 4. The number of carbonyl (C=O) groups is 8. The van der Waals surface area contributed by atoms with Crippen LogP contribution in [0.15, 0.2) is 244 Å². The number of aromatic nitrogens is 12. The van der Waals surface area contributed by atoms with Crippen molar-refractivity contribution in [1.29, 1.82) is 0 Å². The van der Waals surface area contributed by atoms with Crippen molar-refractivity contribution >= 4 is 148 Å². The highest BCUT2D eigenvalue weighted by atomic mass is 19.3. The molecule has 8 aromatic heterocycles. The molecule has 0 radical (unpaired) electrons. The van der Waals surface area contributed by atoms with Crippen LogP contribution in [0.2, 0.25) is 0 Å². The van der Waals surface area contributed by atoms with Crippen LogP contribution in [0.3, 0.4) is 0 Å². The first-order valence-corrected chi connectivity index (χ1v) is 50.3. The Kier molecular flexibility index (Phi) is 28.2. The topological polar surface area (TPSA) is 412 Å². The molecule has 4 aliphatic heterocycles. The van der Waals surface area contributed by atoms with Crippen LogP contribution < -0.4 is 52.3 Å². The summed E-state index contributed by atoms with van der Waals surface area (Å²) >= 11 is 0. The molecular weight excluding hydrogens is 1890 g/mol. The Morgan fingerprint density at radius 3 is 0.838 bits per heavy atom. The zero-order chi connectivity index (χ0) is 102. The third-order valence-electron chi connectivity index (χ3n) is 27.8. The van der Waals surface area contributed by atoms with Gasteiger partial charge in [-0.05, 0) is 238 Å². The normalized spacial score (nSPS) is 16.3. The molecule has 32 nitrogen and oxygen atoms in total. The first-order chi connectivity index (χ1) is 72.0. The van der Waals surface area contributed by atoms with E-state index in [1.54, 1.807) is 102 Å². The summed E-state index contributed by atoms with van der Waals surface area (Å²) in [6.45, 7) is 5.97. The summed E-state index contributed by atoms with van der Waals surface area (Å²) < 4.78 is 54.2. The molecule has 0 atom stereocenters. The number of alkyl halides is 4. The quantitative estimate of drug-likeness (QED) is 0.0224. The largest absolute Gasteiger partial charge is 0.370 e. The average molecular weight is 1990 g/mol. The molecule has 4 aliphatic carbocycles. The minimum absolute atomic E-state index is 0.00745. The number of anilines is 10. The highest BCUT2D eigenvalue weighted by Crippen LogP contribution is 2.41. The number of rotatable bonds is 26. The molecule has 0 unspecified atom stereocenters. The molecule has 8 amide bonds. The summed E-state index contributed by atoms with van der Waals surface area (Å²) in [5.41, 5.74) is 19.7. The Hall–Kier alpha value is -16.8. The molecule has 4 saturated heterocycles. The number of nitrogens with zero attached hydrogens (tertiary/aromatic N) is 12. The molecule has 0 bridgehead atoms. The van der Waals surface area contributed by atoms with E-state index in [1.165, 1.54) is 32.1 Å². The number of hydrogen-bond donors (Lipinski definition) is 12. The van der Waals surface area contributed by atoms with E-state index >= 15 is 0 Å². The van der Waals surface area contributed by atoms with Crippen LogP contribution in [-0.2, 0) is 32.3 Å². The van der Waals surface area contributed by atoms with Crippen LogP contribution in [-0.4, -0.2) is 182 Å². The van der Waals surface area contributed by atoms with Gasteiger partial charge in [0, 0.05) is 183 Å². The lowest BCUT2D eigenvalue weighted by molar-refractivity contribution is -0.118. The number of benzene rings is 8.